The molecule has 0 bridgehead atoms. The van der Waals surface area contributed by atoms with Crippen LogP contribution in [0.15, 0.2) is 48.5 Å². The van der Waals surface area contributed by atoms with E-state index in [4.69, 9.17) is 4.84 Å². The second-order valence-corrected chi connectivity index (χ2v) is 5.82. The molecule has 3 rings (SSSR count). The van der Waals surface area contributed by atoms with Crippen LogP contribution in [0.1, 0.15) is 53.7 Å². The van der Waals surface area contributed by atoms with Crippen LogP contribution >= 0.6 is 0 Å². The smallest absolute Gasteiger partial charge is 0.325 e. The summed E-state index contributed by atoms with van der Waals surface area (Å²) in [5, 5.41) is 0.558. The molecule has 1 aliphatic heterocycles. The lowest BCUT2D eigenvalue weighted by molar-refractivity contribution is -0.172. The average Bonchev–Trinajstić information content (AvgIpc) is 2.98. The van der Waals surface area contributed by atoms with Gasteiger partial charge in [-0.25, -0.2) is 4.79 Å². The number of aryl methyl sites for hydroxylation is 1. The lowest BCUT2D eigenvalue weighted by Crippen LogP contribution is -2.32. The summed E-state index contributed by atoms with van der Waals surface area (Å²) >= 11 is 0. The Morgan fingerprint density at radius 3 is 1.85 bits per heavy atom. The first-order valence-electron chi connectivity index (χ1n) is 8.75. The van der Waals surface area contributed by atoms with E-state index in [-0.39, 0.29) is 12.8 Å². The van der Waals surface area contributed by atoms with Crippen molar-refractivity contribution >= 4 is 17.8 Å². The minimum atomic E-state index is -0.708. The third-order valence-corrected chi connectivity index (χ3v) is 3.90. The molecule has 2 amide bonds. The van der Waals surface area contributed by atoms with Crippen molar-refractivity contribution in [1.82, 2.24) is 5.06 Å². The first-order chi connectivity index (χ1) is 12.5. The van der Waals surface area contributed by atoms with Crippen LogP contribution in [0.2, 0.25) is 0 Å². The van der Waals surface area contributed by atoms with E-state index in [0.717, 1.165) is 12.0 Å². The van der Waals surface area contributed by atoms with E-state index in [2.05, 4.69) is 24.3 Å². The molecular weight excluding hydrogens is 330 g/mol. The molecule has 2 aromatic carbocycles. The molecular formula is C21H23NO4. The standard InChI is InChI=1S/C19H17NO4.C2H6/c1-13-2-4-14(5-3-13)12-15-6-8-16(9-7-15)19(23)24-20-17(21)10-11-18(20)22;1-2/h2-9H,10-12H2,1H3;1-2H3. The number of imide groups is 1. The lowest BCUT2D eigenvalue weighted by Gasteiger charge is -2.12. The van der Waals surface area contributed by atoms with Gasteiger partial charge >= 0.3 is 5.97 Å². The number of amides is 2. The molecule has 136 valence electrons. The molecule has 26 heavy (non-hydrogen) atoms. The molecule has 0 radical (unpaired) electrons. The molecule has 0 aromatic heterocycles. The second kappa shape index (κ2) is 8.94. The van der Waals surface area contributed by atoms with Gasteiger partial charge in [0.1, 0.15) is 0 Å². The van der Waals surface area contributed by atoms with Gasteiger partial charge in [-0.1, -0.05) is 55.8 Å². The van der Waals surface area contributed by atoms with Crippen molar-refractivity contribution < 1.29 is 19.2 Å². The summed E-state index contributed by atoms with van der Waals surface area (Å²) in [4.78, 5) is 39.8. The van der Waals surface area contributed by atoms with Crippen LogP contribution in [0.4, 0.5) is 0 Å². The Hall–Kier alpha value is -2.95. The van der Waals surface area contributed by atoms with E-state index < -0.39 is 17.8 Å². The topological polar surface area (TPSA) is 63.7 Å². The number of rotatable bonds is 4. The van der Waals surface area contributed by atoms with Crippen molar-refractivity contribution in [1.29, 1.82) is 0 Å². The maximum atomic E-state index is 12.0. The fraction of sp³-hybridized carbons (Fsp3) is 0.286. The Labute approximate surface area is 153 Å². The van der Waals surface area contributed by atoms with Gasteiger partial charge in [0.25, 0.3) is 11.8 Å². The number of benzene rings is 2. The van der Waals surface area contributed by atoms with Crippen LogP contribution in [0.5, 0.6) is 0 Å². The van der Waals surface area contributed by atoms with Crippen LogP contribution in [-0.2, 0) is 20.8 Å². The maximum Gasteiger partial charge on any atom is 0.363 e. The number of hydrogen-bond acceptors (Lipinski definition) is 4. The van der Waals surface area contributed by atoms with E-state index >= 15 is 0 Å². The normalized spacial score (nSPS) is 13.3. The summed E-state index contributed by atoms with van der Waals surface area (Å²) in [5.74, 6) is -1.67. The van der Waals surface area contributed by atoms with Crippen LogP contribution in [-0.4, -0.2) is 22.8 Å². The Morgan fingerprint density at radius 2 is 1.35 bits per heavy atom. The monoisotopic (exact) mass is 353 g/mol. The Morgan fingerprint density at radius 1 is 0.885 bits per heavy atom. The van der Waals surface area contributed by atoms with Crippen LogP contribution in [0, 0.1) is 6.92 Å². The molecule has 0 atom stereocenters. The van der Waals surface area contributed by atoms with Crippen molar-refractivity contribution in [3.8, 4) is 0 Å². The van der Waals surface area contributed by atoms with Crippen molar-refractivity contribution in [3.05, 3.63) is 70.8 Å². The number of nitrogens with zero attached hydrogens (tertiary/aromatic N) is 1. The van der Waals surface area contributed by atoms with Gasteiger partial charge < -0.3 is 4.84 Å². The predicted octanol–water partition coefficient (Wildman–Crippen LogP) is 3.83. The lowest BCUT2D eigenvalue weighted by atomic mass is 10.0. The summed E-state index contributed by atoms with van der Waals surface area (Å²) in [5.41, 5.74) is 3.76. The van der Waals surface area contributed by atoms with Gasteiger partial charge in [0.15, 0.2) is 0 Å². The molecule has 0 unspecified atom stereocenters. The van der Waals surface area contributed by atoms with Gasteiger partial charge in [-0.2, -0.15) is 0 Å². The summed E-state index contributed by atoms with van der Waals surface area (Å²) < 4.78 is 0. The minimum Gasteiger partial charge on any atom is -0.325 e. The molecule has 1 saturated heterocycles. The molecule has 0 saturated carbocycles. The highest BCUT2D eigenvalue weighted by atomic mass is 16.7. The first kappa shape index (κ1) is 19.4. The van der Waals surface area contributed by atoms with Gasteiger partial charge in [0.2, 0.25) is 0 Å². The quantitative estimate of drug-likeness (QED) is 0.784. The SMILES string of the molecule is CC.Cc1ccc(Cc2ccc(C(=O)ON3C(=O)CCC3=O)cc2)cc1. The van der Waals surface area contributed by atoms with Crippen LogP contribution < -0.4 is 0 Å². The van der Waals surface area contributed by atoms with Gasteiger partial charge in [0.05, 0.1) is 5.56 Å². The highest BCUT2D eigenvalue weighted by Gasteiger charge is 2.33. The van der Waals surface area contributed by atoms with E-state index in [1.165, 1.54) is 11.1 Å². The third kappa shape index (κ3) is 4.79. The van der Waals surface area contributed by atoms with E-state index in [0.29, 0.717) is 10.6 Å². The molecule has 1 fully saturated rings. The number of hydrogen-bond donors (Lipinski definition) is 0. The fourth-order valence-electron chi connectivity index (χ4n) is 2.49. The molecule has 5 nitrogen and oxygen atoms in total. The largest absolute Gasteiger partial charge is 0.363 e. The number of carbonyl (C=O) groups excluding carboxylic acids is 3. The van der Waals surface area contributed by atoms with Gasteiger partial charge in [-0.15, -0.1) is 5.06 Å². The van der Waals surface area contributed by atoms with E-state index in [1.54, 1.807) is 12.1 Å². The first-order valence-corrected chi connectivity index (χ1v) is 8.75. The molecule has 0 spiro atoms. The van der Waals surface area contributed by atoms with E-state index in [1.807, 2.05) is 32.9 Å². The summed E-state index contributed by atoms with van der Waals surface area (Å²) in [6.45, 7) is 6.04. The average molecular weight is 353 g/mol. The molecule has 1 aliphatic rings. The van der Waals surface area contributed by atoms with Crippen molar-refractivity contribution in [2.45, 2.75) is 40.0 Å². The highest BCUT2D eigenvalue weighted by molar-refractivity contribution is 6.02. The van der Waals surface area contributed by atoms with Crippen molar-refractivity contribution in [2.24, 2.45) is 0 Å². The Kier molecular flexibility index (Phi) is 6.67. The zero-order chi connectivity index (χ0) is 19.1. The molecule has 1 heterocycles. The third-order valence-electron chi connectivity index (χ3n) is 3.90. The van der Waals surface area contributed by atoms with Gasteiger partial charge in [-0.3, -0.25) is 9.59 Å². The second-order valence-electron chi connectivity index (χ2n) is 5.82. The number of carbonyl (C=O) groups is 3. The van der Waals surface area contributed by atoms with Crippen molar-refractivity contribution in [3.63, 3.8) is 0 Å². The zero-order valence-corrected chi connectivity index (χ0v) is 15.3. The highest BCUT2D eigenvalue weighted by Crippen LogP contribution is 2.16. The zero-order valence-electron chi connectivity index (χ0n) is 15.3. The molecule has 5 heteroatoms. The molecule has 0 N–H and O–H groups in total. The Bertz CT molecular complexity index is 763. The van der Waals surface area contributed by atoms with Crippen LogP contribution in [0.25, 0.3) is 0 Å². The molecule has 0 aliphatic carbocycles. The maximum absolute atomic E-state index is 12.0. The van der Waals surface area contributed by atoms with Crippen LogP contribution in [0.3, 0.4) is 0 Å². The summed E-state index contributed by atoms with van der Waals surface area (Å²) in [6, 6.07) is 15.2. The predicted molar refractivity (Wildman–Crippen MR) is 98.3 cm³/mol. The molecule has 2 aromatic rings. The Balaban J connectivity index is 0.00000117. The van der Waals surface area contributed by atoms with Crippen molar-refractivity contribution in [2.75, 3.05) is 0 Å². The number of hydroxylamine groups is 2. The minimum absolute atomic E-state index is 0.0849. The van der Waals surface area contributed by atoms with Gasteiger partial charge in [0, 0.05) is 12.8 Å². The van der Waals surface area contributed by atoms with E-state index in [9.17, 15) is 14.4 Å². The fourth-order valence-corrected chi connectivity index (χ4v) is 2.49. The summed E-state index contributed by atoms with van der Waals surface area (Å²) in [7, 11) is 0. The van der Waals surface area contributed by atoms with Gasteiger partial charge in [-0.05, 0) is 36.6 Å². The summed E-state index contributed by atoms with van der Waals surface area (Å²) in [6.07, 6.45) is 0.932.